The number of carbonyl (C=O) groups is 1. The quantitative estimate of drug-likeness (QED) is 0.551. The molecule has 0 fully saturated rings. The molecule has 2 N–H and O–H groups in total. The number of methoxy groups -OCH3 is 1. The number of hydrogen-bond acceptors (Lipinski definition) is 5. The molecule has 7 nitrogen and oxygen atoms in total. The Balaban J connectivity index is 1.82. The molecule has 130 valence electrons. The Morgan fingerprint density at radius 2 is 2.08 bits per heavy atom. The Bertz CT molecular complexity index is 1100. The van der Waals surface area contributed by atoms with Crippen molar-refractivity contribution in [3.8, 4) is 11.4 Å². The summed E-state index contributed by atoms with van der Waals surface area (Å²) < 4.78 is 6.74. The third kappa shape index (κ3) is 2.79. The van der Waals surface area contributed by atoms with Crippen LogP contribution in [0, 0.1) is 6.92 Å². The highest BCUT2D eigenvalue weighted by atomic mass is 16.5. The van der Waals surface area contributed by atoms with E-state index in [2.05, 4.69) is 15.3 Å². The van der Waals surface area contributed by atoms with Crippen molar-refractivity contribution in [1.29, 1.82) is 0 Å². The number of nitrogens with one attached hydrogen (secondary N) is 2. The van der Waals surface area contributed by atoms with Crippen molar-refractivity contribution in [3.05, 3.63) is 66.2 Å². The van der Waals surface area contributed by atoms with E-state index in [4.69, 9.17) is 9.72 Å². The van der Waals surface area contributed by atoms with Gasteiger partial charge in [0, 0.05) is 18.1 Å². The standard InChI is InChI=1S/C19H17N5O2/c1-12-20-11-15(21-12)17-18(24-9-4-3-8-16(24)23-17)22-14-7-5-6-13(10-14)19(25)26-2/h3-11,22H,1-2H3,(H,20,21). The zero-order chi connectivity index (χ0) is 18.1. The number of anilines is 2. The van der Waals surface area contributed by atoms with E-state index in [0.717, 1.165) is 34.4 Å². The molecule has 0 aliphatic rings. The van der Waals surface area contributed by atoms with Crippen LogP contribution in [0.1, 0.15) is 16.2 Å². The molecule has 0 aliphatic heterocycles. The Labute approximate surface area is 149 Å². The molecule has 0 amide bonds. The normalized spacial score (nSPS) is 10.8. The molecule has 0 spiro atoms. The first-order chi connectivity index (χ1) is 12.7. The average Bonchev–Trinajstić information content (AvgIpc) is 3.25. The van der Waals surface area contributed by atoms with E-state index in [-0.39, 0.29) is 5.97 Å². The topological polar surface area (TPSA) is 84.3 Å². The summed E-state index contributed by atoms with van der Waals surface area (Å²) in [5.74, 6) is 1.21. The van der Waals surface area contributed by atoms with E-state index in [9.17, 15) is 4.79 Å². The lowest BCUT2D eigenvalue weighted by atomic mass is 10.2. The Morgan fingerprint density at radius 1 is 1.19 bits per heavy atom. The predicted octanol–water partition coefficient (Wildman–Crippen LogP) is 3.56. The van der Waals surface area contributed by atoms with Crippen molar-refractivity contribution in [3.63, 3.8) is 0 Å². The molecule has 26 heavy (non-hydrogen) atoms. The number of nitrogens with zero attached hydrogens (tertiary/aromatic N) is 3. The summed E-state index contributed by atoms with van der Waals surface area (Å²) in [6.07, 6.45) is 3.75. The number of benzene rings is 1. The molecule has 0 saturated carbocycles. The molecule has 4 rings (SSSR count). The first kappa shape index (κ1) is 15.9. The maximum absolute atomic E-state index is 11.8. The molecule has 4 aromatic rings. The molecule has 7 heteroatoms. The van der Waals surface area contributed by atoms with E-state index in [0.29, 0.717) is 5.56 Å². The van der Waals surface area contributed by atoms with Crippen LogP contribution in [-0.2, 0) is 4.74 Å². The Hall–Kier alpha value is -3.61. The van der Waals surface area contributed by atoms with Gasteiger partial charge in [-0.05, 0) is 37.3 Å². The molecule has 0 atom stereocenters. The van der Waals surface area contributed by atoms with Gasteiger partial charge in [-0.25, -0.2) is 14.8 Å². The summed E-state index contributed by atoms with van der Waals surface area (Å²) in [5, 5.41) is 3.36. The van der Waals surface area contributed by atoms with E-state index in [1.807, 2.05) is 48.0 Å². The third-order valence-corrected chi connectivity index (χ3v) is 4.02. The largest absolute Gasteiger partial charge is 0.465 e. The molecule has 0 bridgehead atoms. The van der Waals surface area contributed by atoms with Gasteiger partial charge in [-0.1, -0.05) is 12.1 Å². The number of fused-ring (bicyclic) bond motifs is 1. The molecule has 1 aromatic carbocycles. The first-order valence-electron chi connectivity index (χ1n) is 8.10. The minimum atomic E-state index is -0.380. The molecule has 0 aliphatic carbocycles. The number of H-pyrrole nitrogens is 1. The summed E-state index contributed by atoms with van der Waals surface area (Å²) >= 11 is 0. The average molecular weight is 347 g/mol. The van der Waals surface area contributed by atoms with Gasteiger partial charge in [-0.3, -0.25) is 4.40 Å². The van der Waals surface area contributed by atoms with Gasteiger partial charge in [-0.15, -0.1) is 0 Å². The highest BCUT2D eigenvalue weighted by molar-refractivity contribution is 5.91. The number of ether oxygens (including phenoxy) is 1. The van der Waals surface area contributed by atoms with Crippen molar-refractivity contribution < 1.29 is 9.53 Å². The first-order valence-corrected chi connectivity index (χ1v) is 8.10. The van der Waals surface area contributed by atoms with Crippen LogP contribution in [0.15, 0.2) is 54.9 Å². The van der Waals surface area contributed by atoms with Crippen LogP contribution in [-0.4, -0.2) is 32.4 Å². The van der Waals surface area contributed by atoms with Crippen LogP contribution in [0.2, 0.25) is 0 Å². The minimum absolute atomic E-state index is 0.380. The lowest BCUT2D eigenvalue weighted by molar-refractivity contribution is 0.0601. The lowest BCUT2D eigenvalue weighted by Gasteiger charge is -2.09. The van der Waals surface area contributed by atoms with Crippen LogP contribution in [0.5, 0.6) is 0 Å². The van der Waals surface area contributed by atoms with Crippen LogP contribution >= 0.6 is 0 Å². The second-order valence-electron chi connectivity index (χ2n) is 5.81. The smallest absolute Gasteiger partial charge is 0.337 e. The molecule has 0 saturated heterocycles. The number of aromatic amines is 1. The highest BCUT2D eigenvalue weighted by Gasteiger charge is 2.17. The molecule has 0 radical (unpaired) electrons. The van der Waals surface area contributed by atoms with Crippen molar-refractivity contribution in [1.82, 2.24) is 19.4 Å². The van der Waals surface area contributed by atoms with Crippen molar-refractivity contribution >= 4 is 23.1 Å². The van der Waals surface area contributed by atoms with Crippen LogP contribution in [0.4, 0.5) is 11.5 Å². The predicted molar refractivity (Wildman–Crippen MR) is 98.6 cm³/mol. The monoisotopic (exact) mass is 347 g/mol. The van der Waals surface area contributed by atoms with Gasteiger partial charge in [-0.2, -0.15) is 0 Å². The Morgan fingerprint density at radius 3 is 2.85 bits per heavy atom. The van der Waals surface area contributed by atoms with Crippen LogP contribution in [0.25, 0.3) is 17.0 Å². The molecule has 0 unspecified atom stereocenters. The fourth-order valence-corrected chi connectivity index (χ4v) is 2.81. The number of rotatable bonds is 4. The fraction of sp³-hybridized carbons (Fsp3) is 0.105. The zero-order valence-corrected chi connectivity index (χ0v) is 14.4. The van der Waals surface area contributed by atoms with Gasteiger partial charge in [0.05, 0.1) is 12.7 Å². The van der Waals surface area contributed by atoms with Crippen molar-refractivity contribution in [2.24, 2.45) is 0 Å². The van der Waals surface area contributed by atoms with Gasteiger partial charge in [0.2, 0.25) is 0 Å². The van der Waals surface area contributed by atoms with Crippen LogP contribution in [0.3, 0.4) is 0 Å². The Kier molecular flexibility index (Phi) is 3.89. The fourth-order valence-electron chi connectivity index (χ4n) is 2.81. The van der Waals surface area contributed by atoms with Crippen molar-refractivity contribution in [2.75, 3.05) is 12.4 Å². The van der Waals surface area contributed by atoms with Gasteiger partial charge < -0.3 is 15.0 Å². The van der Waals surface area contributed by atoms with E-state index in [1.165, 1.54) is 7.11 Å². The van der Waals surface area contributed by atoms with E-state index >= 15 is 0 Å². The molecule has 3 aromatic heterocycles. The molecule has 3 heterocycles. The van der Waals surface area contributed by atoms with Gasteiger partial charge in [0.25, 0.3) is 0 Å². The van der Waals surface area contributed by atoms with Gasteiger partial charge in [0.1, 0.15) is 28.7 Å². The summed E-state index contributed by atoms with van der Waals surface area (Å²) in [5.41, 5.74) is 3.51. The zero-order valence-electron chi connectivity index (χ0n) is 14.4. The second-order valence-corrected chi connectivity index (χ2v) is 5.81. The summed E-state index contributed by atoms with van der Waals surface area (Å²) in [6, 6.07) is 12.9. The van der Waals surface area contributed by atoms with Crippen molar-refractivity contribution in [2.45, 2.75) is 6.92 Å². The van der Waals surface area contributed by atoms with Crippen LogP contribution < -0.4 is 5.32 Å². The maximum atomic E-state index is 11.8. The molecular formula is C19H17N5O2. The maximum Gasteiger partial charge on any atom is 0.337 e. The number of esters is 1. The highest BCUT2D eigenvalue weighted by Crippen LogP contribution is 2.30. The number of imidazole rings is 2. The number of hydrogen-bond donors (Lipinski definition) is 2. The summed E-state index contributed by atoms with van der Waals surface area (Å²) in [4.78, 5) is 24.1. The molecular weight excluding hydrogens is 330 g/mol. The van der Waals surface area contributed by atoms with Gasteiger partial charge >= 0.3 is 5.97 Å². The number of carbonyl (C=O) groups excluding carboxylic acids is 1. The van der Waals surface area contributed by atoms with E-state index < -0.39 is 0 Å². The summed E-state index contributed by atoms with van der Waals surface area (Å²) in [6.45, 7) is 1.90. The second kappa shape index (κ2) is 6.36. The minimum Gasteiger partial charge on any atom is -0.465 e. The van der Waals surface area contributed by atoms with Gasteiger partial charge in [0.15, 0.2) is 0 Å². The number of aryl methyl sites for hydroxylation is 1. The number of pyridine rings is 1. The number of aromatic nitrogens is 4. The lowest BCUT2D eigenvalue weighted by Crippen LogP contribution is -2.02. The third-order valence-electron chi connectivity index (χ3n) is 4.02. The SMILES string of the molecule is COC(=O)c1cccc(Nc2c(-c3c[nH]c(C)n3)nc3ccccn23)c1. The summed E-state index contributed by atoms with van der Waals surface area (Å²) in [7, 11) is 1.37. The van der Waals surface area contributed by atoms with E-state index in [1.54, 1.807) is 18.2 Å².